The Hall–Kier alpha value is -4.24. The number of amides is 3. The Morgan fingerprint density at radius 1 is 0.974 bits per heavy atom. The van der Waals surface area contributed by atoms with E-state index < -0.39 is 11.8 Å². The molecule has 0 bridgehead atoms. The number of aromatic amines is 1. The first-order valence-electron chi connectivity index (χ1n) is 12.6. The van der Waals surface area contributed by atoms with Crippen LogP contribution in [0.3, 0.4) is 0 Å². The maximum Gasteiger partial charge on any atom is 0.262 e. The fourth-order valence-electron chi connectivity index (χ4n) is 5.27. The van der Waals surface area contributed by atoms with Crippen LogP contribution < -0.4 is 10.6 Å². The molecule has 0 spiro atoms. The molecule has 6 rings (SSSR count). The number of aromatic nitrogens is 3. The standard InChI is InChI=1S/C28H25ClN6O3/c29-16-12-23(22-14-31-26-19(22)6-3-11-30-26)34-24(13-16)32-17-7-9-18(10-8-17)33-25(36)15-35-27(37)20-4-1-2-5-21(20)28(35)38/h1-6,11-14,17-18H,7-10,15H2,(H,30,31)(H,32,34)(H,33,36)/t17-,18-. The lowest BCUT2D eigenvalue weighted by molar-refractivity contribution is -0.122. The summed E-state index contributed by atoms with van der Waals surface area (Å²) < 4.78 is 0. The van der Waals surface area contributed by atoms with Crippen LogP contribution in [-0.2, 0) is 4.79 Å². The number of fused-ring (bicyclic) bond motifs is 2. The van der Waals surface area contributed by atoms with Gasteiger partial charge in [-0.15, -0.1) is 0 Å². The van der Waals surface area contributed by atoms with Gasteiger partial charge in [0.1, 0.15) is 18.0 Å². The first-order chi connectivity index (χ1) is 18.5. The first kappa shape index (κ1) is 24.1. The number of halogens is 1. The van der Waals surface area contributed by atoms with E-state index in [1.807, 2.05) is 30.5 Å². The highest BCUT2D eigenvalue weighted by Crippen LogP contribution is 2.31. The zero-order chi connectivity index (χ0) is 26.2. The SMILES string of the molecule is O=C(CN1C(=O)c2ccccc2C1=O)N[C@H]1CC[C@H](Nc2cc(Cl)cc(-c3c[nH]c4ncccc34)n2)CC1. The first-order valence-corrected chi connectivity index (χ1v) is 13.0. The van der Waals surface area contributed by atoms with Gasteiger partial charge in [-0.25, -0.2) is 9.97 Å². The number of hydrogen-bond acceptors (Lipinski definition) is 6. The molecule has 2 aliphatic rings. The molecule has 192 valence electrons. The van der Waals surface area contributed by atoms with Crippen LogP contribution in [0.25, 0.3) is 22.3 Å². The maximum atomic E-state index is 12.7. The Morgan fingerprint density at radius 2 is 1.68 bits per heavy atom. The van der Waals surface area contributed by atoms with Gasteiger partial charge in [0.15, 0.2) is 0 Å². The van der Waals surface area contributed by atoms with Crippen molar-refractivity contribution in [2.45, 2.75) is 37.8 Å². The van der Waals surface area contributed by atoms with Crippen LogP contribution in [0.4, 0.5) is 5.82 Å². The number of nitrogens with zero attached hydrogens (tertiary/aromatic N) is 3. The predicted octanol–water partition coefficient (Wildman–Crippen LogP) is 4.41. The zero-order valence-corrected chi connectivity index (χ0v) is 21.2. The molecule has 3 aromatic heterocycles. The van der Waals surface area contributed by atoms with Gasteiger partial charge in [-0.05, 0) is 62.1 Å². The molecule has 3 amide bonds. The largest absolute Gasteiger partial charge is 0.367 e. The second-order valence-corrected chi connectivity index (χ2v) is 10.1. The van der Waals surface area contributed by atoms with Gasteiger partial charge in [0.05, 0.1) is 16.8 Å². The Kier molecular flexibility index (Phi) is 6.29. The molecule has 0 saturated heterocycles. The molecule has 1 aromatic carbocycles. The van der Waals surface area contributed by atoms with Gasteiger partial charge in [0, 0.05) is 40.4 Å². The molecule has 1 aliphatic heterocycles. The summed E-state index contributed by atoms with van der Waals surface area (Å²) in [5.41, 5.74) is 3.17. The smallest absolute Gasteiger partial charge is 0.262 e. The minimum absolute atomic E-state index is 0.0164. The van der Waals surface area contributed by atoms with Crippen molar-refractivity contribution >= 4 is 46.2 Å². The summed E-state index contributed by atoms with van der Waals surface area (Å²) in [6, 6.07) is 14.3. The molecule has 0 atom stereocenters. The summed E-state index contributed by atoms with van der Waals surface area (Å²) in [5, 5.41) is 8.05. The Bertz CT molecular complexity index is 1520. The molecule has 0 unspecified atom stereocenters. The van der Waals surface area contributed by atoms with E-state index >= 15 is 0 Å². The molecule has 4 aromatic rings. The van der Waals surface area contributed by atoms with Gasteiger partial charge in [0.2, 0.25) is 5.91 Å². The van der Waals surface area contributed by atoms with Crippen molar-refractivity contribution in [3.63, 3.8) is 0 Å². The summed E-state index contributed by atoms with van der Waals surface area (Å²) in [6.07, 6.45) is 6.83. The average molecular weight is 529 g/mol. The highest BCUT2D eigenvalue weighted by atomic mass is 35.5. The summed E-state index contributed by atoms with van der Waals surface area (Å²) in [4.78, 5) is 51.0. The van der Waals surface area contributed by atoms with Gasteiger partial charge in [-0.1, -0.05) is 23.7 Å². The van der Waals surface area contributed by atoms with E-state index in [0.29, 0.717) is 22.0 Å². The van der Waals surface area contributed by atoms with Crippen molar-refractivity contribution in [3.05, 3.63) is 77.1 Å². The molecule has 9 nitrogen and oxygen atoms in total. The second kappa shape index (κ2) is 9.90. The quantitative estimate of drug-likeness (QED) is 0.319. The number of rotatable bonds is 6. The number of H-pyrrole nitrogens is 1. The highest BCUT2D eigenvalue weighted by molar-refractivity contribution is 6.31. The van der Waals surface area contributed by atoms with Crippen LogP contribution in [0, 0.1) is 0 Å². The molecule has 3 N–H and O–H groups in total. The predicted molar refractivity (Wildman–Crippen MR) is 144 cm³/mol. The zero-order valence-electron chi connectivity index (χ0n) is 20.4. The van der Waals surface area contributed by atoms with Crippen molar-refractivity contribution < 1.29 is 14.4 Å². The van der Waals surface area contributed by atoms with Crippen molar-refractivity contribution in [1.82, 2.24) is 25.2 Å². The lowest BCUT2D eigenvalue weighted by Gasteiger charge is -2.30. The highest BCUT2D eigenvalue weighted by Gasteiger charge is 2.36. The third-order valence-corrected chi connectivity index (χ3v) is 7.36. The number of hydrogen-bond donors (Lipinski definition) is 3. The number of carbonyl (C=O) groups is 3. The minimum atomic E-state index is -0.425. The van der Waals surface area contributed by atoms with Crippen LogP contribution in [0.2, 0.25) is 5.02 Å². The van der Waals surface area contributed by atoms with E-state index in [9.17, 15) is 14.4 Å². The van der Waals surface area contributed by atoms with Gasteiger partial charge in [-0.2, -0.15) is 0 Å². The molecular formula is C28H25ClN6O3. The average Bonchev–Trinajstić information content (AvgIpc) is 3.45. The minimum Gasteiger partial charge on any atom is -0.367 e. The second-order valence-electron chi connectivity index (χ2n) is 9.66. The molecule has 10 heteroatoms. The summed E-state index contributed by atoms with van der Waals surface area (Å²) >= 11 is 6.43. The number of anilines is 1. The topological polar surface area (TPSA) is 120 Å². The van der Waals surface area contributed by atoms with Crippen LogP contribution in [-0.4, -0.2) is 56.2 Å². The fourth-order valence-corrected chi connectivity index (χ4v) is 5.47. The summed E-state index contributed by atoms with van der Waals surface area (Å²) in [5.74, 6) is -0.481. The molecule has 38 heavy (non-hydrogen) atoms. The normalized spacial score (nSPS) is 19.0. The fraction of sp³-hybridized carbons (Fsp3) is 0.250. The third kappa shape index (κ3) is 4.61. The molecule has 4 heterocycles. The van der Waals surface area contributed by atoms with Crippen LogP contribution >= 0.6 is 11.6 Å². The molecule has 1 aliphatic carbocycles. The summed E-state index contributed by atoms with van der Waals surface area (Å²) in [7, 11) is 0. The number of pyridine rings is 2. The number of carbonyl (C=O) groups excluding carboxylic acids is 3. The Labute approximate surface area is 223 Å². The molecule has 1 saturated carbocycles. The lowest BCUT2D eigenvalue weighted by Crippen LogP contribution is -2.46. The van der Waals surface area contributed by atoms with E-state index in [-0.39, 0.29) is 24.5 Å². The van der Waals surface area contributed by atoms with Crippen LogP contribution in [0.15, 0.2) is 60.9 Å². The van der Waals surface area contributed by atoms with E-state index in [4.69, 9.17) is 16.6 Å². The molecule has 0 radical (unpaired) electrons. The van der Waals surface area contributed by atoms with Gasteiger partial charge in [0.25, 0.3) is 11.8 Å². The Balaban J connectivity index is 1.04. The van der Waals surface area contributed by atoms with Gasteiger partial charge >= 0.3 is 0 Å². The van der Waals surface area contributed by atoms with E-state index in [2.05, 4.69) is 20.6 Å². The van der Waals surface area contributed by atoms with E-state index in [1.54, 1.807) is 30.5 Å². The van der Waals surface area contributed by atoms with E-state index in [0.717, 1.165) is 52.9 Å². The third-order valence-electron chi connectivity index (χ3n) is 7.14. The number of imide groups is 1. The van der Waals surface area contributed by atoms with Crippen molar-refractivity contribution in [2.75, 3.05) is 11.9 Å². The van der Waals surface area contributed by atoms with Gasteiger partial charge in [-0.3, -0.25) is 19.3 Å². The van der Waals surface area contributed by atoms with Gasteiger partial charge < -0.3 is 15.6 Å². The van der Waals surface area contributed by atoms with Crippen molar-refractivity contribution in [3.8, 4) is 11.3 Å². The van der Waals surface area contributed by atoms with Crippen LogP contribution in [0.5, 0.6) is 0 Å². The maximum absolute atomic E-state index is 12.7. The van der Waals surface area contributed by atoms with Crippen molar-refractivity contribution in [2.24, 2.45) is 0 Å². The van der Waals surface area contributed by atoms with Crippen LogP contribution in [0.1, 0.15) is 46.4 Å². The lowest BCUT2D eigenvalue weighted by atomic mass is 9.91. The number of benzene rings is 1. The van der Waals surface area contributed by atoms with Crippen molar-refractivity contribution in [1.29, 1.82) is 0 Å². The molecular weight excluding hydrogens is 504 g/mol. The Morgan fingerprint density at radius 3 is 2.42 bits per heavy atom. The molecule has 1 fully saturated rings. The number of nitrogens with one attached hydrogen (secondary N) is 3. The van der Waals surface area contributed by atoms with E-state index in [1.165, 1.54) is 0 Å². The monoisotopic (exact) mass is 528 g/mol. The summed E-state index contributed by atoms with van der Waals surface area (Å²) in [6.45, 7) is -0.275.